The maximum Gasteiger partial charge on any atom is 0.313 e. The largest absolute Gasteiger partial charge is 0.385 e. The minimum absolute atomic E-state index is 0.358. The maximum absolute atomic E-state index is 13.2. The molecule has 0 atom stereocenters. The summed E-state index contributed by atoms with van der Waals surface area (Å²) in [5, 5.41) is 8.20. The predicted molar refractivity (Wildman–Crippen MR) is 92.3 cm³/mol. The second-order valence-corrected chi connectivity index (χ2v) is 5.32. The molecule has 5 nitrogen and oxygen atoms in total. The van der Waals surface area contributed by atoms with Gasteiger partial charge in [-0.2, -0.15) is 0 Å². The van der Waals surface area contributed by atoms with E-state index in [4.69, 9.17) is 0 Å². The summed E-state index contributed by atoms with van der Waals surface area (Å²) in [6.45, 7) is 2.66. The summed E-state index contributed by atoms with van der Waals surface area (Å²) < 4.78 is 13.2. The molecule has 0 aliphatic carbocycles. The van der Waals surface area contributed by atoms with Gasteiger partial charge in [-0.25, -0.2) is 4.39 Å². The fraction of sp³-hybridized carbons (Fsp3) is 0.222. The SMILES string of the molecule is Cc1cc(NC(=O)C(=O)NCCCNc2ccccc2)ccc1F. The van der Waals surface area contributed by atoms with Gasteiger partial charge in [-0.1, -0.05) is 18.2 Å². The molecule has 0 aliphatic rings. The van der Waals surface area contributed by atoms with Crippen LogP contribution in [0.5, 0.6) is 0 Å². The number of hydrogen-bond donors (Lipinski definition) is 3. The number of hydrogen-bond acceptors (Lipinski definition) is 3. The fourth-order valence-electron chi connectivity index (χ4n) is 2.07. The van der Waals surface area contributed by atoms with Crippen molar-refractivity contribution in [1.82, 2.24) is 5.32 Å². The second kappa shape index (κ2) is 8.67. The quantitative estimate of drug-likeness (QED) is 0.564. The number of carbonyl (C=O) groups excluding carboxylic acids is 2. The summed E-state index contributed by atoms with van der Waals surface area (Å²) in [6.07, 6.45) is 0.684. The van der Waals surface area contributed by atoms with Gasteiger partial charge in [0, 0.05) is 24.5 Å². The standard InChI is InChI=1S/C18H20FN3O2/c1-13-12-15(8-9-16(13)19)22-18(24)17(23)21-11-5-10-20-14-6-3-2-4-7-14/h2-4,6-9,12,20H,5,10-11H2,1H3,(H,21,23)(H,22,24). The molecular formula is C18H20FN3O2. The molecule has 3 N–H and O–H groups in total. The predicted octanol–water partition coefficient (Wildman–Crippen LogP) is 2.69. The molecule has 24 heavy (non-hydrogen) atoms. The van der Waals surface area contributed by atoms with Crippen molar-refractivity contribution in [1.29, 1.82) is 0 Å². The second-order valence-electron chi connectivity index (χ2n) is 5.32. The molecule has 2 aromatic carbocycles. The van der Waals surface area contributed by atoms with Gasteiger partial charge in [-0.05, 0) is 49.2 Å². The highest BCUT2D eigenvalue weighted by molar-refractivity contribution is 6.39. The van der Waals surface area contributed by atoms with Crippen LogP contribution in [0, 0.1) is 12.7 Å². The number of nitrogens with one attached hydrogen (secondary N) is 3. The molecule has 0 aromatic heterocycles. The van der Waals surface area contributed by atoms with Gasteiger partial charge in [0.15, 0.2) is 0 Å². The number of aryl methyl sites for hydroxylation is 1. The van der Waals surface area contributed by atoms with Crippen LogP contribution in [-0.2, 0) is 9.59 Å². The highest BCUT2D eigenvalue weighted by Crippen LogP contribution is 2.13. The normalized spacial score (nSPS) is 10.1. The van der Waals surface area contributed by atoms with E-state index in [1.165, 1.54) is 18.2 Å². The first-order valence-corrected chi connectivity index (χ1v) is 7.70. The van der Waals surface area contributed by atoms with Gasteiger partial charge in [0.2, 0.25) is 0 Å². The third kappa shape index (κ3) is 5.39. The van der Waals surface area contributed by atoms with E-state index in [-0.39, 0.29) is 5.82 Å². The van der Waals surface area contributed by atoms with Gasteiger partial charge < -0.3 is 16.0 Å². The molecule has 0 fully saturated rings. The van der Waals surface area contributed by atoms with Crippen molar-refractivity contribution in [2.45, 2.75) is 13.3 Å². The average molecular weight is 329 g/mol. The minimum atomic E-state index is -0.767. The van der Waals surface area contributed by atoms with E-state index in [2.05, 4.69) is 16.0 Å². The first kappa shape index (κ1) is 17.5. The van der Waals surface area contributed by atoms with Crippen molar-refractivity contribution < 1.29 is 14.0 Å². The Hall–Kier alpha value is -2.89. The van der Waals surface area contributed by atoms with Gasteiger partial charge in [-0.3, -0.25) is 9.59 Å². The lowest BCUT2D eigenvalue weighted by Crippen LogP contribution is -2.36. The Bertz CT molecular complexity index is 705. The lowest BCUT2D eigenvalue weighted by molar-refractivity contribution is -0.136. The molecule has 0 saturated heterocycles. The monoisotopic (exact) mass is 329 g/mol. The lowest BCUT2D eigenvalue weighted by atomic mass is 10.2. The summed E-state index contributed by atoms with van der Waals surface area (Å²) in [7, 11) is 0. The molecule has 2 amide bonds. The Labute approximate surface area is 140 Å². The Kier molecular flexibility index (Phi) is 6.31. The van der Waals surface area contributed by atoms with Gasteiger partial charge in [0.25, 0.3) is 0 Å². The van der Waals surface area contributed by atoms with Crippen LogP contribution in [-0.4, -0.2) is 24.9 Å². The number of carbonyl (C=O) groups is 2. The first-order chi connectivity index (χ1) is 11.6. The Morgan fingerprint density at radius 1 is 0.958 bits per heavy atom. The van der Waals surface area contributed by atoms with E-state index in [9.17, 15) is 14.0 Å². The lowest BCUT2D eigenvalue weighted by Gasteiger charge is -2.08. The maximum atomic E-state index is 13.2. The summed E-state index contributed by atoms with van der Waals surface area (Å²) in [5.41, 5.74) is 1.80. The van der Waals surface area contributed by atoms with Crippen molar-refractivity contribution in [2.24, 2.45) is 0 Å². The molecule has 0 heterocycles. The molecule has 2 rings (SSSR count). The molecule has 0 bridgehead atoms. The fourth-order valence-corrected chi connectivity index (χ4v) is 2.07. The van der Waals surface area contributed by atoms with Crippen LogP contribution in [0.25, 0.3) is 0 Å². The molecule has 2 aromatic rings. The van der Waals surface area contributed by atoms with Crippen LogP contribution < -0.4 is 16.0 Å². The van der Waals surface area contributed by atoms with Crippen LogP contribution in [0.3, 0.4) is 0 Å². The summed E-state index contributed by atoms with van der Waals surface area (Å²) in [6, 6.07) is 13.9. The van der Waals surface area contributed by atoms with Gasteiger partial charge in [0.05, 0.1) is 0 Å². The molecule has 0 radical (unpaired) electrons. The Morgan fingerprint density at radius 3 is 2.42 bits per heavy atom. The highest BCUT2D eigenvalue weighted by Gasteiger charge is 2.13. The van der Waals surface area contributed by atoms with Crippen LogP contribution in [0.4, 0.5) is 15.8 Å². The van der Waals surface area contributed by atoms with Crippen LogP contribution in [0.15, 0.2) is 48.5 Å². The summed E-state index contributed by atoms with van der Waals surface area (Å²) in [5.74, 6) is -1.84. The van der Waals surface area contributed by atoms with Crippen molar-refractivity contribution in [3.05, 3.63) is 59.9 Å². The molecule has 0 unspecified atom stereocenters. The van der Waals surface area contributed by atoms with Gasteiger partial charge in [-0.15, -0.1) is 0 Å². The third-order valence-corrected chi connectivity index (χ3v) is 3.36. The first-order valence-electron chi connectivity index (χ1n) is 7.70. The number of rotatable bonds is 6. The van der Waals surface area contributed by atoms with Crippen molar-refractivity contribution in [2.75, 3.05) is 23.7 Å². The van der Waals surface area contributed by atoms with Crippen LogP contribution in [0.2, 0.25) is 0 Å². The molecule has 0 aliphatic heterocycles. The average Bonchev–Trinajstić information content (AvgIpc) is 2.58. The summed E-state index contributed by atoms with van der Waals surface area (Å²) in [4.78, 5) is 23.5. The zero-order valence-electron chi connectivity index (χ0n) is 13.4. The molecule has 6 heteroatoms. The van der Waals surface area contributed by atoms with Gasteiger partial charge in [0.1, 0.15) is 5.82 Å². The Morgan fingerprint density at radius 2 is 1.71 bits per heavy atom. The van der Waals surface area contributed by atoms with E-state index in [0.29, 0.717) is 30.8 Å². The van der Waals surface area contributed by atoms with Crippen LogP contribution >= 0.6 is 0 Å². The van der Waals surface area contributed by atoms with E-state index in [1.54, 1.807) is 6.92 Å². The molecular weight excluding hydrogens is 309 g/mol. The molecule has 0 spiro atoms. The van der Waals surface area contributed by atoms with E-state index < -0.39 is 11.8 Å². The number of amides is 2. The van der Waals surface area contributed by atoms with Crippen molar-refractivity contribution in [3.8, 4) is 0 Å². The zero-order chi connectivity index (χ0) is 17.4. The number of para-hydroxylation sites is 1. The van der Waals surface area contributed by atoms with Gasteiger partial charge >= 0.3 is 11.8 Å². The van der Waals surface area contributed by atoms with Crippen molar-refractivity contribution >= 4 is 23.2 Å². The smallest absolute Gasteiger partial charge is 0.313 e. The summed E-state index contributed by atoms with van der Waals surface area (Å²) >= 11 is 0. The van der Waals surface area contributed by atoms with E-state index in [1.807, 2.05) is 30.3 Å². The third-order valence-electron chi connectivity index (χ3n) is 3.36. The van der Waals surface area contributed by atoms with E-state index in [0.717, 1.165) is 5.69 Å². The number of halogens is 1. The van der Waals surface area contributed by atoms with Crippen LogP contribution in [0.1, 0.15) is 12.0 Å². The molecule has 126 valence electrons. The molecule has 0 saturated carbocycles. The van der Waals surface area contributed by atoms with E-state index >= 15 is 0 Å². The topological polar surface area (TPSA) is 70.2 Å². The Balaban J connectivity index is 1.68. The number of benzene rings is 2. The van der Waals surface area contributed by atoms with Crippen molar-refractivity contribution in [3.63, 3.8) is 0 Å². The highest BCUT2D eigenvalue weighted by atomic mass is 19.1. The zero-order valence-corrected chi connectivity index (χ0v) is 13.4. The minimum Gasteiger partial charge on any atom is -0.385 e. The number of anilines is 2.